The molecule has 0 saturated carbocycles. The van der Waals surface area contributed by atoms with Crippen LogP contribution in [0.4, 0.5) is 4.39 Å². The summed E-state index contributed by atoms with van der Waals surface area (Å²) in [5, 5.41) is 2.91. The molecule has 2 aromatic carbocycles. The number of halogens is 1. The molecule has 0 saturated heterocycles. The highest BCUT2D eigenvalue weighted by Gasteiger charge is 2.10. The molecule has 1 amide bonds. The van der Waals surface area contributed by atoms with Crippen molar-refractivity contribution in [2.24, 2.45) is 5.73 Å². The Hall–Kier alpha value is -2.24. The second-order valence-electron chi connectivity index (χ2n) is 5.71. The van der Waals surface area contributed by atoms with Gasteiger partial charge in [-0.2, -0.15) is 0 Å². The van der Waals surface area contributed by atoms with Crippen molar-refractivity contribution in [1.29, 1.82) is 0 Å². The molecule has 5 heteroatoms. The average Bonchev–Trinajstić information content (AvgIpc) is 2.58. The van der Waals surface area contributed by atoms with E-state index in [2.05, 4.69) is 5.32 Å². The van der Waals surface area contributed by atoms with Crippen molar-refractivity contribution in [3.63, 3.8) is 0 Å². The molecular formula is C19H24FN3O. The van der Waals surface area contributed by atoms with Gasteiger partial charge in [0.05, 0.1) is 6.54 Å². The summed E-state index contributed by atoms with van der Waals surface area (Å²) in [4.78, 5) is 14.1. The SMILES string of the molecule is NCCN(CC(=O)NCCc1ccc(F)cc1)Cc1ccccc1. The van der Waals surface area contributed by atoms with Gasteiger partial charge in [0.25, 0.3) is 0 Å². The normalized spacial score (nSPS) is 10.8. The second kappa shape index (κ2) is 9.80. The van der Waals surface area contributed by atoms with Crippen LogP contribution in [-0.2, 0) is 17.8 Å². The highest BCUT2D eigenvalue weighted by atomic mass is 19.1. The minimum atomic E-state index is -0.249. The van der Waals surface area contributed by atoms with Crippen LogP contribution in [0, 0.1) is 5.82 Å². The Balaban J connectivity index is 1.76. The van der Waals surface area contributed by atoms with E-state index in [0.717, 1.165) is 11.1 Å². The van der Waals surface area contributed by atoms with Crippen LogP contribution in [0.25, 0.3) is 0 Å². The lowest BCUT2D eigenvalue weighted by molar-refractivity contribution is -0.122. The fourth-order valence-corrected chi connectivity index (χ4v) is 2.49. The number of nitrogens with two attached hydrogens (primary N) is 1. The predicted molar refractivity (Wildman–Crippen MR) is 93.9 cm³/mol. The van der Waals surface area contributed by atoms with E-state index in [1.165, 1.54) is 12.1 Å². The summed E-state index contributed by atoms with van der Waals surface area (Å²) in [5.41, 5.74) is 7.80. The van der Waals surface area contributed by atoms with Gasteiger partial charge in [-0.05, 0) is 29.7 Å². The van der Waals surface area contributed by atoms with Gasteiger partial charge in [-0.25, -0.2) is 4.39 Å². The van der Waals surface area contributed by atoms with E-state index in [1.807, 2.05) is 35.2 Å². The second-order valence-corrected chi connectivity index (χ2v) is 5.71. The maximum Gasteiger partial charge on any atom is 0.234 e. The Morgan fingerprint density at radius 2 is 1.75 bits per heavy atom. The van der Waals surface area contributed by atoms with E-state index in [9.17, 15) is 9.18 Å². The molecule has 0 aliphatic carbocycles. The van der Waals surface area contributed by atoms with Crippen molar-refractivity contribution in [2.75, 3.05) is 26.2 Å². The molecule has 2 aromatic rings. The first-order valence-corrected chi connectivity index (χ1v) is 8.15. The Kier molecular flexibility index (Phi) is 7.39. The number of nitrogens with zero attached hydrogens (tertiary/aromatic N) is 1. The maximum absolute atomic E-state index is 12.8. The predicted octanol–water partition coefficient (Wildman–Crippen LogP) is 1.95. The van der Waals surface area contributed by atoms with Crippen LogP contribution in [0.5, 0.6) is 0 Å². The van der Waals surface area contributed by atoms with Gasteiger partial charge in [0, 0.05) is 26.2 Å². The largest absolute Gasteiger partial charge is 0.355 e. The summed E-state index contributed by atoms with van der Waals surface area (Å²) < 4.78 is 12.8. The maximum atomic E-state index is 12.8. The van der Waals surface area contributed by atoms with Crippen LogP contribution >= 0.6 is 0 Å². The van der Waals surface area contributed by atoms with Gasteiger partial charge < -0.3 is 11.1 Å². The van der Waals surface area contributed by atoms with Crippen LogP contribution in [0.1, 0.15) is 11.1 Å². The van der Waals surface area contributed by atoms with E-state index in [1.54, 1.807) is 12.1 Å². The lowest BCUT2D eigenvalue weighted by Gasteiger charge is -2.21. The first-order chi connectivity index (χ1) is 11.7. The summed E-state index contributed by atoms with van der Waals surface area (Å²) in [6.07, 6.45) is 0.682. The minimum absolute atomic E-state index is 0.0264. The molecule has 24 heavy (non-hydrogen) atoms. The number of hydrogen-bond acceptors (Lipinski definition) is 3. The first-order valence-electron chi connectivity index (χ1n) is 8.15. The van der Waals surface area contributed by atoms with Gasteiger partial charge in [0.1, 0.15) is 5.82 Å². The molecule has 0 aromatic heterocycles. The third kappa shape index (κ3) is 6.48. The van der Waals surface area contributed by atoms with E-state index < -0.39 is 0 Å². The third-order valence-electron chi connectivity index (χ3n) is 3.71. The number of benzene rings is 2. The average molecular weight is 329 g/mol. The molecule has 3 N–H and O–H groups in total. The number of nitrogens with one attached hydrogen (secondary N) is 1. The van der Waals surface area contributed by atoms with Crippen LogP contribution in [0.15, 0.2) is 54.6 Å². The minimum Gasteiger partial charge on any atom is -0.355 e. The molecule has 0 unspecified atom stereocenters. The number of amides is 1. The van der Waals surface area contributed by atoms with E-state index >= 15 is 0 Å². The van der Waals surface area contributed by atoms with Gasteiger partial charge in [-0.1, -0.05) is 42.5 Å². The Bertz CT molecular complexity index is 616. The van der Waals surface area contributed by atoms with Crippen molar-refractivity contribution in [2.45, 2.75) is 13.0 Å². The summed E-state index contributed by atoms with van der Waals surface area (Å²) in [5.74, 6) is -0.275. The number of rotatable bonds is 9. The summed E-state index contributed by atoms with van der Waals surface area (Å²) in [7, 11) is 0. The van der Waals surface area contributed by atoms with Crippen LogP contribution < -0.4 is 11.1 Å². The van der Waals surface area contributed by atoms with Gasteiger partial charge in [-0.15, -0.1) is 0 Å². The molecule has 128 valence electrons. The van der Waals surface area contributed by atoms with Gasteiger partial charge in [0.2, 0.25) is 5.91 Å². The van der Waals surface area contributed by atoms with Crippen molar-refractivity contribution in [1.82, 2.24) is 10.2 Å². The molecule has 0 bridgehead atoms. The highest BCUT2D eigenvalue weighted by Crippen LogP contribution is 2.04. The molecule has 0 heterocycles. The molecule has 0 radical (unpaired) electrons. The van der Waals surface area contributed by atoms with E-state index in [4.69, 9.17) is 5.73 Å². The van der Waals surface area contributed by atoms with Crippen molar-refractivity contribution in [3.05, 3.63) is 71.5 Å². The molecule has 0 spiro atoms. The zero-order valence-corrected chi connectivity index (χ0v) is 13.7. The van der Waals surface area contributed by atoms with Gasteiger partial charge >= 0.3 is 0 Å². The topological polar surface area (TPSA) is 58.4 Å². The molecular weight excluding hydrogens is 305 g/mol. The Morgan fingerprint density at radius 1 is 1.04 bits per heavy atom. The summed E-state index contributed by atoms with van der Waals surface area (Å²) >= 11 is 0. The third-order valence-corrected chi connectivity index (χ3v) is 3.71. The summed E-state index contributed by atoms with van der Waals surface area (Å²) in [6, 6.07) is 16.3. The van der Waals surface area contributed by atoms with Crippen molar-refractivity contribution < 1.29 is 9.18 Å². The molecule has 0 aliphatic heterocycles. The zero-order valence-electron chi connectivity index (χ0n) is 13.7. The lowest BCUT2D eigenvalue weighted by Crippen LogP contribution is -2.39. The molecule has 0 fully saturated rings. The fraction of sp³-hybridized carbons (Fsp3) is 0.316. The molecule has 0 atom stereocenters. The monoisotopic (exact) mass is 329 g/mol. The molecule has 4 nitrogen and oxygen atoms in total. The van der Waals surface area contributed by atoms with Crippen LogP contribution in [-0.4, -0.2) is 37.0 Å². The van der Waals surface area contributed by atoms with Gasteiger partial charge in [0.15, 0.2) is 0 Å². The Labute approximate surface area is 142 Å². The van der Waals surface area contributed by atoms with E-state index in [-0.39, 0.29) is 11.7 Å². The van der Waals surface area contributed by atoms with Crippen molar-refractivity contribution in [3.8, 4) is 0 Å². The number of carbonyl (C=O) groups is 1. The molecule has 2 rings (SSSR count). The smallest absolute Gasteiger partial charge is 0.234 e. The summed E-state index contributed by atoms with van der Waals surface area (Å²) in [6.45, 7) is 2.72. The van der Waals surface area contributed by atoms with E-state index in [0.29, 0.717) is 39.1 Å². The molecule has 0 aliphatic rings. The van der Waals surface area contributed by atoms with Crippen LogP contribution in [0.2, 0.25) is 0 Å². The van der Waals surface area contributed by atoms with Gasteiger partial charge in [-0.3, -0.25) is 9.69 Å². The lowest BCUT2D eigenvalue weighted by atomic mass is 10.1. The van der Waals surface area contributed by atoms with Crippen molar-refractivity contribution >= 4 is 5.91 Å². The van der Waals surface area contributed by atoms with Crippen LogP contribution in [0.3, 0.4) is 0 Å². The zero-order chi connectivity index (χ0) is 17.2. The highest BCUT2D eigenvalue weighted by molar-refractivity contribution is 5.78. The fourth-order valence-electron chi connectivity index (χ4n) is 2.49. The standard InChI is InChI=1S/C19H24FN3O/c20-18-8-6-16(7-9-18)10-12-22-19(24)15-23(13-11-21)14-17-4-2-1-3-5-17/h1-9H,10-15,21H2,(H,22,24). The number of carbonyl (C=O) groups excluding carboxylic acids is 1. The first kappa shape index (κ1) is 18.1. The number of hydrogen-bond donors (Lipinski definition) is 2. The quantitative estimate of drug-likeness (QED) is 0.739. The Morgan fingerprint density at radius 3 is 2.42 bits per heavy atom.